The van der Waals surface area contributed by atoms with E-state index in [4.69, 9.17) is 10.5 Å². The summed E-state index contributed by atoms with van der Waals surface area (Å²) in [6.07, 6.45) is 3.65. The molecular weight excluding hydrogens is 212 g/mol. The highest BCUT2D eigenvalue weighted by atomic mass is 16.5. The van der Waals surface area contributed by atoms with Gasteiger partial charge in [0.05, 0.1) is 13.2 Å². The number of rotatable bonds is 6. The zero-order valence-corrected chi connectivity index (χ0v) is 10.4. The number of anilines is 1. The molecule has 1 aromatic rings. The number of benzene rings is 1. The molecule has 0 saturated carbocycles. The van der Waals surface area contributed by atoms with Crippen LogP contribution in [0.1, 0.15) is 18.4 Å². The van der Waals surface area contributed by atoms with Crippen molar-refractivity contribution in [1.82, 2.24) is 4.90 Å². The molecule has 0 radical (unpaired) electrons. The first-order valence-corrected chi connectivity index (χ1v) is 6.49. The van der Waals surface area contributed by atoms with Gasteiger partial charge in [0.1, 0.15) is 0 Å². The second-order valence-electron chi connectivity index (χ2n) is 4.66. The van der Waals surface area contributed by atoms with Crippen LogP contribution in [0, 0.1) is 0 Å². The Kier molecular flexibility index (Phi) is 4.83. The lowest BCUT2D eigenvalue weighted by atomic mass is 10.1. The van der Waals surface area contributed by atoms with Crippen LogP contribution in [0.3, 0.4) is 0 Å². The summed E-state index contributed by atoms with van der Waals surface area (Å²) < 4.78 is 5.66. The molecule has 0 aromatic heterocycles. The number of nitrogens with zero attached hydrogens (tertiary/aromatic N) is 1. The van der Waals surface area contributed by atoms with Crippen LogP contribution in [-0.2, 0) is 11.2 Å². The molecule has 0 atom stereocenters. The highest BCUT2D eigenvalue weighted by Gasteiger charge is 2.10. The van der Waals surface area contributed by atoms with Gasteiger partial charge in [-0.3, -0.25) is 0 Å². The number of nitrogens with two attached hydrogens (primary N) is 1. The van der Waals surface area contributed by atoms with Gasteiger partial charge in [-0.05, 0) is 50.0 Å². The molecule has 2 N–H and O–H groups in total. The maximum atomic E-state index is 5.72. The van der Waals surface area contributed by atoms with Crippen molar-refractivity contribution < 1.29 is 4.74 Å². The van der Waals surface area contributed by atoms with E-state index in [-0.39, 0.29) is 0 Å². The summed E-state index contributed by atoms with van der Waals surface area (Å²) in [5, 5.41) is 0. The quantitative estimate of drug-likeness (QED) is 0.604. The highest BCUT2D eigenvalue weighted by Crippen LogP contribution is 2.08. The third-order valence-corrected chi connectivity index (χ3v) is 3.24. The van der Waals surface area contributed by atoms with Gasteiger partial charge in [0.2, 0.25) is 0 Å². The molecule has 2 rings (SSSR count). The highest BCUT2D eigenvalue weighted by molar-refractivity contribution is 5.40. The van der Waals surface area contributed by atoms with Crippen molar-refractivity contribution in [3.63, 3.8) is 0 Å². The number of nitrogen functional groups attached to an aromatic ring is 1. The van der Waals surface area contributed by atoms with Crippen LogP contribution in [0.4, 0.5) is 5.69 Å². The van der Waals surface area contributed by atoms with E-state index in [1.54, 1.807) is 0 Å². The van der Waals surface area contributed by atoms with Gasteiger partial charge < -0.3 is 15.4 Å². The smallest absolute Gasteiger partial charge is 0.0593 e. The molecule has 1 aliphatic heterocycles. The molecule has 1 heterocycles. The van der Waals surface area contributed by atoms with Gasteiger partial charge >= 0.3 is 0 Å². The summed E-state index contributed by atoms with van der Waals surface area (Å²) in [5.74, 6) is 0. The second kappa shape index (κ2) is 6.62. The molecule has 3 heteroatoms. The monoisotopic (exact) mass is 234 g/mol. The lowest BCUT2D eigenvalue weighted by molar-refractivity contribution is 0.113. The van der Waals surface area contributed by atoms with Gasteiger partial charge in [0, 0.05) is 12.2 Å². The number of hydrogen-bond donors (Lipinski definition) is 1. The summed E-state index contributed by atoms with van der Waals surface area (Å²) in [4.78, 5) is 2.47. The Morgan fingerprint density at radius 1 is 1.18 bits per heavy atom. The van der Waals surface area contributed by atoms with E-state index in [1.807, 2.05) is 18.2 Å². The molecule has 1 saturated heterocycles. The first-order valence-electron chi connectivity index (χ1n) is 6.49. The Balaban J connectivity index is 1.56. The Hall–Kier alpha value is -1.06. The summed E-state index contributed by atoms with van der Waals surface area (Å²) in [6, 6.07) is 8.02. The first-order chi connectivity index (χ1) is 8.34. The molecule has 94 valence electrons. The van der Waals surface area contributed by atoms with E-state index < -0.39 is 0 Å². The van der Waals surface area contributed by atoms with Crippen LogP contribution in [0.15, 0.2) is 24.3 Å². The molecule has 0 amide bonds. The average molecular weight is 234 g/mol. The topological polar surface area (TPSA) is 38.5 Å². The van der Waals surface area contributed by atoms with Crippen molar-refractivity contribution >= 4 is 5.69 Å². The maximum Gasteiger partial charge on any atom is 0.0593 e. The molecule has 0 spiro atoms. The maximum absolute atomic E-state index is 5.72. The molecule has 0 unspecified atom stereocenters. The Morgan fingerprint density at radius 2 is 2.00 bits per heavy atom. The standard InChI is InChI=1S/C14H22N2O/c15-14-5-3-4-13(12-14)6-10-17-11-9-16-7-1-2-8-16/h3-5,12H,1-2,6-11,15H2. The molecule has 1 aromatic carbocycles. The van der Waals surface area contributed by atoms with Gasteiger partial charge in [-0.1, -0.05) is 12.1 Å². The van der Waals surface area contributed by atoms with Crippen molar-refractivity contribution in [2.45, 2.75) is 19.3 Å². The van der Waals surface area contributed by atoms with Crippen LogP contribution >= 0.6 is 0 Å². The minimum Gasteiger partial charge on any atom is -0.399 e. The van der Waals surface area contributed by atoms with Crippen molar-refractivity contribution in [2.24, 2.45) is 0 Å². The minimum atomic E-state index is 0.789. The van der Waals surface area contributed by atoms with Gasteiger partial charge in [-0.25, -0.2) is 0 Å². The lowest BCUT2D eigenvalue weighted by Gasteiger charge is -2.14. The predicted octanol–water partition coefficient (Wildman–Crippen LogP) is 1.92. The number of hydrogen-bond acceptors (Lipinski definition) is 3. The third-order valence-electron chi connectivity index (χ3n) is 3.24. The van der Waals surface area contributed by atoms with E-state index >= 15 is 0 Å². The molecule has 1 aliphatic rings. The zero-order valence-electron chi connectivity index (χ0n) is 10.4. The van der Waals surface area contributed by atoms with Crippen LogP contribution in [-0.4, -0.2) is 37.7 Å². The van der Waals surface area contributed by atoms with Gasteiger partial charge in [-0.2, -0.15) is 0 Å². The summed E-state index contributed by atoms with van der Waals surface area (Å²) in [6.45, 7) is 5.22. The van der Waals surface area contributed by atoms with E-state index in [2.05, 4.69) is 11.0 Å². The van der Waals surface area contributed by atoms with E-state index in [0.29, 0.717) is 0 Å². The fourth-order valence-electron chi connectivity index (χ4n) is 2.24. The van der Waals surface area contributed by atoms with Crippen LogP contribution < -0.4 is 5.73 Å². The van der Waals surface area contributed by atoms with Gasteiger partial charge in [0.25, 0.3) is 0 Å². The average Bonchev–Trinajstić information content (AvgIpc) is 2.82. The van der Waals surface area contributed by atoms with E-state index in [9.17, 15) is 0 Å². The van der Waals surface area contributed by atoms with Crippen molar-refractivity contribution in [3.8, 4) is 0 Å². The second-order valence-corrected chi connectivity index (χ2v) is 4.66. The largest absolute Gasteiger partial charge is 0.399 e. The molecule has 0 bridgehead atoms. The Labute approximate surface area is 104 Å². The Bertz CT molecular complexity index is 335. The van der Waals surface area contributed by atoms with Gasteiger partial charge in [-0.15, -0.1) is 0 Å². The van der Waals surface area contributed by atoms with Gasteiger partial charge in [0.15, 0.2) is 0 Å². The molecular formula is C14H22N2O. The number of likely N-dealkylation sites (tertiary alicyclic amines) is 1. The molecule has 3 nitrogen and oxygen atoms in total. The number of ether oxygens (including phenoxy) is 1. The molecule has 1 fully saturated rings. The predicted molar refractivity (Wildman–Crippen MR) is 71.1 cm³/mol. The third kappa shape index (κ3) is 4.36. The molecule has 17 heavy (non-hydrogen) atoms. The lowest BCUT2D eigenvalue weighted by Crippen LogP contribution is -2.24. The summed E-state index contributed by atoms with van der Waals surface area (Å²) >= 11 is 0. The van der Waals surface area contributed by atoms with Crippen molar-refractivity contribution in [1.29, 1.82) is 0 Å². The SMILES string of the molecule is Nc1cccc(CCOCCN2CCCC2)c1. The summed E-state index contributed by atoms with van der Waals surface area (Å²) in [7, 11) is 0. The molecule has 0 aliphatic carbocycles. The van der Waals surface area contributed by atoms with Crippen LogP contribution in [0.2, 0.25) is 0 Å². The zero-order chi connectivity index (χ0) is 11.9. The minimum absolute atomic E-state index is 0.789. The van der Waals surface area contributed by atoms with E-state index in [1.165, 1.54) is 31.5 Å². The van der Waals surface area contributed by atoms with Crippen LogP contribution in [0.5, 0.6) is 0 Å². The van der Waals surface area contributed by atoms with Crippen molar-refractivity contribution in [3.05, 3.63) is 29.8 Å². The Morgan fingerprint density at radius 3 is 2.76 bits per heavy atom. The summed E-state index contributed by atoms with van der Waals surface area (Å²) in [5.41, 5.74) is 7.81. The normalized spacial score (nSPS) is 16.5. The first kappa shape index (κ1) is 12.4. The van der Waals surface area contributed by atoms with E-state index in [0.717, 1.165) is 31.9 Å². The fourth-order valence-corrected chi connectivity index (χ4v) is 2.24. The fraction of sp³-hybridized carbons (Fsp3) is 0.571. The van der Waals surface area contributed by atoms with Crippen LogP contribution in [0.25, 0.3) is 0 Å². The van der Waals surface area contributed by atoms with Crippen molar-refractivity contribution in [2.75, 3.05) is 38.6 Å².